The Hall–Kier alpha value is -4.87. The number of amides is 2. The highest BCUT2D eigenvalue weighted by Gasteiger charge is 2.57. The molecule has 1 aromatic carbocycles. The Kier molecular flexibility index (Phi) is 5.51. The molecule has 1 saturated carbocycles. The van der Waals surface area contributed by atoms with Crippen molar-refractivity contribution in [3.05, 3.63) is 66.0 Å². The fourth-order valence-electron chi connectivity index (χ4n) is 5.17. The van der Waals surface area contributed by atoms with Gasteiger partial charge in [0.25, 0.3) is 17.6 Å². The number of nitrogens with zero attached hydrogens (tertiary/aromatic N) is 5. The average molecular weight is 518 g/mol. The van der Waals surface area contributed by atoms with Crippen molar-refractivity contribution in [2.45, 2.75) is 13.0 Å². The molecule has 0 bridgehead atoms. The van der Waals surface area contributed by atoms with Crippen LogP contribution in [0.15, 0.2) is 49.1 Å². The number of Topliss-reactive ketones (excluding diaryl/α,β-unsaturated/α-hetero) is 2. The summed E-state index contributed by atoms with van der Waals surface area (Å²) in [5.41, 5.74) is 1.01. The van der Waals surface area contributed by atoms with Crippen LogP contribution in [0.4, 0.5) is 0 Å². The summed E-state index contributed by atoms with van der Waals surface area (Å²) in [6, 6.07) is 8.76. The first-order chi connectivity index (χ1) is 18.4. The van der Waals surface area contributed by atoms with E-state index in [4.69, 9.17) is 4.74 Å². The van der Waals surface area contributed by atoms with Crippen molar-refractivity contribution in [2.75, 3.05) is 20.2 Å². The molecule has 3 aromatic heterocycles. The first kappa shape index (κ1) is 23.5. The Bertz CT molecular complexity index is 1610. The van der Waals surface area contributed by atoms with Gasteiger partial charge in [-0.15, -0.1) is 0 Å². The number of ketones is 2. The van der Waals surface area contributed by atoms with Crippen molar-refractivity contribution in [1.29, 1.82) is 0 Å². The van der Waals surface area contributed by atoms with Crippen molar-refractivity contribution in [3.8, 4) is 11.6 Å². The number of benzene rings is 1. The Morgan fingerprint density at radius 1 is 1.11 bits per heavy atom. The van der Waals surface area contributed by atoms with Gasteiger partial charge >= 0.3 is 0 Å². The van der Waals surface area contributed by atoms with E-state index in [1.54, 1.807) is 24.0 Å². The molecule has 2 aliphatic rings. The standard InChI is InChI=1S/C26H23N7O5.2H2/c1-13-29-12-33(31-13)24-21-19(18(38-2)9-28-24)15(8-27-21)22(34)23(35)25(36)30-20-16-10-32(11-17(16)20)26(37)14-6-4-3-5-7-14;;/h3-9,12,16-17,20,27H,10-11H2,1-2H3,(H,30,36);2*1H. The number of pyridine rings is 1. The van der Waals surface area contributed by atoms with E-state index < -0.39 is 17.5 Å². The minimum atomic E-state index is -1.18. The Labute approximate surface area is 219 Å². The molecule has 2 fully saturated rings. The number of hydrogen-bond acceptors (Lipinski definition) is 8. The van der Waals surface area contributed by atoms with E-state index in [1.807, 2.05) is 18.2 Å². The van der Waals surface area contributed by atoms with Gasteiger partial charge in [0.2, 0.25) is 5.78 Å². The number of carbonyl (C=O) groups is 4. The zero-order valence-electron chi connectivity index (χ0n) is 20.5. The normalized spacial score (nSPS) is 19.7. The topological polar surface area (TPSA) is 152 Å². The Morgan fingerprint density at radius 2 is 1.84 bits per heavy atom. The summed E-state index contributed by atoms with van der Waals surface area (Å²) in [6.45, 7) is 2.70. The van der Waals surface area contributed by atoms with Gasteiger partial charge in [0.1, 0.15) is 17.9 Å². The molecule has 0 spiro atoms. The van der Waals surface area contributed by atoms with Gasteiger partial charge in [-0.3, -0.25) is 19.2 Å². The maximum Gasteiger partial charge on any atom is 0.296 e. The summed E-state index contributed by atoms with van der Waals surface area (Å²) in [5.74, 6) is -1.90. The number of rotatable bonds is 7. The molecular formula is C26H27N7O5. The maximum absolute atomic E-state index is 13.1. The molecular weight excluding hydrogens is 490 g/mol. The van der Waals surface area contributed by atoms with Crippen molar-refractivity contribution >= 4 is 34.3 Å². The third kappa shape index (κ3) is 3.81. The molecule has 1 saturated heterocycles. The molecule has 2 amide bonds. The van der Waals surface area contributed by atoms with Crippen molar-refractivity contribution in [2.24, 2.45) is 11.8 Å². The van der Waals surface area contributed by atoms with Gasteiger partial charge < -0.3 is 19.9 Å². The van der Waals surface area contributed by atoms with Crippen LogP contribution >= 0.6 is 0 Å². The summed E-state index contributed by atoms with van der Waals surface area (Å²) in [4.78, 5) is 64.5. The molecule has 196 valence electrons. The third-order valence-corrected chi connectivity index (χ3v) is 7.15. The molecule has 12 heteroatoms. The van der Waals surface area contributed by atoms with E-state index in [2.05, 4.69) is 25.4 Å². The quantitative estimate of drug-likeness (QED) is 0.213. The number of nitrogens with one attached hydrogen (secondary N) is 2. The number of aromatic nitrogens is 5. The lowest BCUT2D eigenvalue weighted by Gasteiger charge is -2.20. The number of H-pyrrole nitrogens is 1. The van der Waals surface area contributed by atoms with Crippen molar-refractivity contribution < 1.29 is 26.8 Å². The number of piperidine rings is 1. The van der Waals surface area contributed by atoms with Crippen LogP contribution in [-0.4, -0.2) is 79.3 Å². The average Bonchev–Trinajstić information content (AvgIpc) is 3.41. The lowest BCUT2D eigenvalue weighted by molar-refractivity contribution is -0.135. The fourth-order valence-corrected chi connectivity index (χ4v) is 5.17. The summed E-state index contributed by atoms with van der Waals surface area (Å²) in [6.07, 6.45) is 4.25. The second-order valence-electron chi connectivity index (χ2n) is 9.40. The first-order valence-corrected chi connectivity index (χ1v) is 12.0. The maximum atomic E-state index is 13.1. The van der Waals surface area contributed by atoms with E-state index in [9.17, 15) is 19.2 Å². The van der Waals surface area contributed by atoms with Crippen LogP contribution in [0.1, 0.15) is 29.4 Å². The number of ether oxygens (including phenoxy) is 1. The molecule has 2 N–H and O–H groups in total. The van der Waals surface area contributed by atoms with Crippen LogP contribution < -0.4 is 10.1 Å². The van der Waals surface area contributed by atoms with Gasteiger partial charge in [0.15, 0.2) is 5.82 Å². The summed E-state index contributed by atoms with van der Waals surface area (Å²) >= 11 is 0. The predicted molar refractivity (Wildman–Crippen MR) is 137 cm³/mol. The monoisotopic (exact) mass is 517 g/mol. The first-order valence-electron chi connectivity index (χ1n) is 12.0. The smallest absolute Gasteiger partial charge is 0.296 e. The Balaban J connectivity index is 0.00000185. The molecule has 6 rings (SSSR count). The number of methoxy groups -OCH3 is 1. The number of likely N-dealkylation sites (tertiary alicyclic amines) is 1. The van der Waals surface area contributed by atoms with Crippen LogP contribution in [0, 0.1) is 18.8 Å². The molecule has 12 nitrogen and oxygen atoms in total. The number of hydrogen-bond donors (Lipinski definition) is 2. The van der Waals surface area contributed by atoms with Crippen LogP contribution in [0.25, 0.3) is 16.7 Å². The molecule has 2 atom stereocenters. The number of fused-ring (bicyclic) bond motifs is 2. The summed E-state index contributed by atoms with van der Waals surface area (Å²) in [7, 11) is 1.42. The van der Waals surface area contributed by atoms with E-state index in [-0.39, 0.29) is 38.0 Å². The fraction of sp³-hybridized carbons (Fsp3) is 0.269. The zero-order valence-corrected chi connectivity index (χ0v) is 20.5. The number of aryl methyl sites for hydroxylation is 1. The van der Waals surface area contributed by atoms with Gasteiger partial charge in [0.05, 0.1) is 29.8 Å². The molecule has 0 radical (unpaired) electrons. The molecule has 38 heavy (non-hydrogen) atoms. The van der Waals surface area contributed by atoms with Crippen LogP contribution in [0.3, 0.4) is 0 Å². The highest BCUT2D eigenvalue weighted by Crippen LogP contribution is 2.45. The minimum Gasteiger partial charge on any atom is -0.494 e. The highest BCUT2D eigenvalue weighted by molar-refractivity contribution is 6.67. The molecule has 4 aromatic rings. The SMILES string of the molecule is COc1cnc(-n2cnc(C)n2)c2[nH]cc(C(=O)C(=O)C(=O)NC3C4CN(C(=O)c5ccccc5)CC43)c12.[HH].[HH]. The molecule has 1 aliphatic heterocycles. The van der Waals surface area contributed by atoms with E-state index in [0.717, 1.165) is 0 Å². The second kappa shape index (κ2) is 8.91. The van der Waals surface area contributed by atoms with Crippen LogP contribution in [0.5, 0.6) is 5.75 Å². The van der Waals surface area contributed by atoms with Crippen LogP contribution in [-0.2, 0) is 9.59 Å². The van der Waals surface area contributed by atoms with Crippen LogP contribution in [0.2, 0.25) is 0 Å². The van der Waals surface area contributed by atoms with Gasteiger partial charge in [-0.1, -0.05) is 18.2 Å². The number of carbonyl (C=O) groups excluding carboxylic acids is 4. The molecule has 2 unspecified atom stereocenters. The molecule has 4 heterocycles. The zero-order chi connectivity index (χ0) is 26.6. The Morgan fingerprint density at radius 3 is 2.50 bits per heavy atom. The van der Waals surface area contributed by atoms with E-state index in [1.165, 1.54) is 30.5 Å². The van der Waals surface area contributed by atoms with E-state index >= 15 is 0 Å². The lowest BCUT2D eigenvalue weighted by Crippen LogP contribution is -2.41. The van der Waals surface area contributed by atoms with Gasteiger partial charge in [0, 0.05) is 45.6 Å². The minimum absolute atomic E-state index is 0. The highest BCUT2D eigenvalue weighted by atomic mass is 16.5. The van der Waals surface area contributed by atoms with Crippen molar-refractivity contribution in [1.82, 2.24) is 34.9 Å². The lowest BCUT2D eigenvalue weighted by atomic mass is 10.1. The van der Waals surface area contributed by atoms with E-state index in [0.29, 0.717) is 41.2 Å². The third-order valence-electron chi connectivity index (χ3n) is 7.15. The molecule has 1 aliphatic carbocycles. The largest absolute Gasteiger partial charge is 0.494 e. The van der Waals surface area contributed by atoms with Gasteiger partial charge in [-0.2, -0.15) is 5.10 Å². The van der Waals surface area contributed by atoms with Crippen molar-refractivity contribution in [3.63, 3.8) is 0 Å². The van der Waals surface area contributed by atoms with Gasteiger partial charge in [-0.25, -0.2) is 14.6 Å². The summed E-state index contributed by atoms with van der Waals surface area (Å²) in [5, 5.41) is 7.25. The van der Waals surface area contributed by atoms with Gasteiger partial charge in [-0.05, 0) is 19.1 Å². The summed E-state index contributed by atoms with van der Waals surface area (Å²) < 4.78 is 6.81. The second-order valence-corrected chi connectivity index (χ2v) is 9.40. The number of aromatic amines is 1. The predicted octanol–water partition coefficient (Wildman–Crippen LogP) is 1.59.